The van der Waals surface area contributed by atoms with Gasteiger partial charge >= 0.3 is 6.36 Å². The lowest BCUT2D eigenvalue weighted by Crippen LogP contribution is -2.19. The average molecular weight is 509 g/mol. The van der Waals surface area contributed by atoms with Crippen molar-refractivity contribution in [3.8, 4) is 22.6 Å². The lowest BCUT2D eigenvalue weighted by Gasteiger charge is -2.15. The highest BCUT2D eigenvalue weighted by Gasteiger charge is 2.31. The highest BCUT2D eigenvalue weighted by Crippen LogP contribution is 2.29. The summed E-state index contributed by atoms with van der Waals surface area (Å²) in [5, 5.41) is 8.42. The van der Waals surface area contributed by atoms with Gasteiger partial charge in [0.05, 0.1) is 6.20 Å². The van der Waals surface area contributed by atoms with E-state index in [2.05, 4.69) is 15.2 Å². The molecule has 2 aromatic heterocycles. The fourth-order valence-corrected chi connectivity index (χ4v) is 3.81. The minimum absolute atomic E-state index is 0.330. The molecule has 0 amide bonds. The van der Waals surface area contributed by atoms with Gasteiger partial charge in [-0.1, -0.05) is 29.3 Å². The zero-order valence-corrected chi connectivity index (χ0v) is 19.1. The number of halogens is 5. The Hall–Kier alpha value is -3.43. The molecule has 4 rings (SSSR count). The Labute approximate surface area is 202 Å². The molecule has 0 bridgehead atoms. The number of hydrogen-bond acceptors (Lipinski definition) is 4. The molecule has 4 aromatic rings. The van der Waals surface area contributed by atoms with Gasteiger partial charge < -0.3 is 10.1 Å². The molecular formula is C23H17Cl2F3N4O2. The van der Waals surface area contributed by atoms with Crippen LogP contribution in [0.5, 0.6) is 5.75 Å². The first kappa shape index (κ1) is 23.7. The van der Waals surface area contributed by atoms with Crippen LogP contribution in [0.25, 0.3) is 16.8 Å². The van der Waals surface area contributed by atoms with Crippen LogP contribution in [-0.4, -0.2) is 20.7 Å². The van der Waals surface area contributed by atoms with Gasteiger partial charge in [0.15, 0.2) is 0 Å². The van der Waals surface area contributed by atoms with Crippen LogP contribution >= 0.6 is 23.2 Å². The van der Waals surface area contributed by atoms with E-state index < -0.39 is 6.36 Å². The van der Waals surface area contributed by atoms with Crippen LogP contribution in [0.15, 0.2) is 71.9 Å². The number of benzene rings is 2. The highest BCUT2D eigenvalue weighted by molar-refractivity contribution is 6.35. The maximum Gasteiger partial charge on any atom is 0.573 e. The number of nitrogens with zero attached hydrogens (tertiary/aromatic N) is 3. The number of ether oxygens (including phenoxy) is 1. The number of hydrogen-bond donors (Lipinski definition) is 1. The standard InChI is InChI=1S/C23H17Cl2F3N4O2/c1-31-12-15(11-30-31)19-13-32(17-4-6-18(7-5-17)34-23(26,27)28)22(33)9-21(19)29-10-14-2-3-16(24)8-20(14)25/h2-9,11-13,29H,10H2,1H3. The molecule has 2 aromatic carbocycles. The molecule has 2 heterocycles. The number of pyridine rings is 1. The maximum absolute atomic E-state index is 12.9. The van der Waals surface area contributed by atoms with Crippen molar-refractivity contribution in [3.63, 3.8) is 0 Å². The Balaban J connectivity index is 1.70. The monoisotopic (exact) mass is 508 g/mol. The third-order valence-corrected chi connectivity index (χ3v) is 5.49. The smallest absolute Gasteiger partial charge is 0.406 e. The second kappa shape index (κ2) is 9.44. The van der Waals surface area contributed by atoms with Gasteiger partial charge in [0.1, 0.15) is 5.75 Å². The zero-order valence-electron chi connectivity index (χ0n) is 17.6. The molecule has 34 heavy (non-hydrogen) atoms. The average Bonchev–Trinajstić information content (AvgIpc) is 3.19. The van der Waals surface area contributed by atoms with Crippen molar-refractivity contribution in [2.75, 3.05) is 5.32 Å². The maximum atomic E-state index is 12.9. The number of aromatic nitrogens is 3. The van der Waals surface area contributed by atoms with Crippen molar-refractivity contribution in [2.45, 2.75) is 12.9 Å². The van der Waals surface area contributed by atoms with Crippen LogP contribution in [0.1, 0.15) is 5.56 Å². The van der Waals surface area contributed by atoms with E-state index in [-0.39, 0.29) is 11.3 Å². The first-order chi connectivity index (χ1) is 16.1. The van der Waals surface area contributed by atoms with E-state index in [0.29, 0.717) is 33.5 Å². The Bertz CT molecular complexity index is 1380. The largest absolute Gasteiger partial charge is 0.573 e. The number of aryl methyl sites for hydroxylation is 1. The molecule has 1 N–H and O–H groups in total. The van der Waals surface area contributed by atoms with Crippen molar-refractivity contribution < 1.29 is 17.9 Å². The van der Waals surface area contributed by atoms with E-state index in [1.165, 1.54) is 22.8 Å². The first-order valence-corrected chi connectivity index (χ1v) is 10.6. The molecule has 176 valence electrons. The molecule has 0 unspecified atom stereocenters. The fraction of sp³-hybridized carbons (Fsp3) is 0.130. The summed E-state index contributed by atoms with van der Waals surface area (Å²) in [5.41, 5.74) is 2.70. The molecule has 0 aliphatic heterocycles. The summed E-state index contributed by atoms with van der Waals surface area (Å²) in [5.74, 6) is -0.380. The van der Waals surface area contributed by atoms with E-state index in [1.807, 2.05) is 0 Å². The van der Waals surface area contributed by atoms with E-state index in [1.54, 1.807) is 48.5 Å². The second-order valence-corrected chi connectivity index (χ2v) is 8.19. The minimum atomic E-state index is -4.80. The number of alkyl halides is 3. The predicted molar refractivity (Wildman–Crippen MR) is 125 cm³/mol. The van der Waals surface area contributed by atoms with Gasteiger partial charge in [-0.2, -0.15) is 5.10 Å². The van der Waals surface area contributed by atoms with Crippen LogP contribution < -0.4 is 15.6 Å². The second-order valence-electron chi connectivity index (χ2n) is 7.34. The van der Waals surface area contributed by atoms with Gasteiger partial charge in [-0.25, -0.2) is 0 Å². The van der Waals surface area contributed by atoms with Crippen LogP contribution in [0.3, 0.4) is 0 Å². The Morgan fingerprint density at radius 2 is 1.79 bits per heavy atom. The van der Waals surface area contributed by atoms with Gasteiger partial charge in [0.2, 0.25) is 0 Å². The minimum Gasteiger partial charge on any atom is -0.406 e. The van der Waals surface area contributed by atoms with Gasteiger partial charge in [-0.05, 0) is 42.0 Å². The van der Waals surface area contributed by atoms with Gasteiger partial charge in [-0.15, -0.1) is 13.2 Å². The molecule has 0 fully saturated rings. The predicted octanol–water partition coefficient (Wildman–Crippen LogP) is 6.06. The van der Waals surface area contributed by atoms with Crippen LogP contribution in [0.2, 0.25) is 10.0 Å². The van der Waals surface area contributed by atoms with E-state index >= 15 is 0 Å². The normalized spacial score (nSPS) is 11.5. The van der Waals surface area contributed by atoms with Crippen LogP contribution in [0.4, 0.5) is 18.9 Å². The van der Waals surface area contributed by atoms with Gasteiger partial charge in [-0.3, -0.25) is 14.0 Å². The molecule has 0 radical (unpaired) electrons. The fourth-order valence-electron chi connectivity index (χ4n) is 3.34. The topological polar surface area (TPSA) is 61.1 Å². The summed E-state index contributed by atoms with van der Waals surface area (Å²) in [6.45, 7) is 0.330. The highest BCUT2D eigenvalue weighted by atomic mass is 35.5. The van der Waals surface area contributed by atoms with Crippen molar-refractivity contribution in [3.05, 3.63) is 93.1 Å². The lowest BCUT2D eigenvalue weighted by molar-refractivity contribution is -0.274. The third-order valence-electron chi connectivity index (χ3n) is 4.90. The van der Waals surface area contributed by atoms with Gasteiger partial charge in [0, 0.05) is 64.6 Å². The van der Waals surface area contributed by atoms with Crippen LogP contribution in [0, 0.1) is 0 Å². The quantitative estimate of drug-likeness (QED) is 0.344. The molecule has 0 aliphatic carbocycles. The molecule has 6 nitrogen and oxygen atoms in total. The first-order valence-electron chi connectivity index (χ1n) is 9.89. The molecule has 0 aliphatic rings. The third kappa shape index (κ3) is 5.55. The van der Waals surface area contributed by atoms with E-state index in [0.717, 1.165) is 23.3 Å². The molecular weight excluding hydrogens is 492 g/mol. The van der Waals surface area contributed by atoms with E-state index in [9.17, 15) is 18.0 Å². The summed E-state index contributed by atoms with van der Waals surface area (Å²) in [4.78, 5) is 12.9. The number of anilines is 1. The van der Waals surface area contributed by atoms with Crippen molar-refractivity contribution in [2.24, 2.45) is 7.05 Å². The number of nitrogens with one attached hydrogen (secondary N) is 1. The van der Waals surface area contributed by atoms with E-state index in [4.69, 9.17) is 23.2 Å². The summed E-state index contributed by atoms with van der Waals surface area (Å²) >= 11 is 12.2. The molecule has 0 saturated heterocycles. The molecule has 11 heteroatoms. The summed E-state index contributed by atoms with van der Waals surface area (Å²) < 4.78 is 44.2. The summed E-state index contributed by atoms with van der Waals surface area (Å²) in [6, 6.07) is 11.6. The SMILES string of the molecule is Cn1cc(-c2cn(-c3ccc(OC(F)(F)F)cc3)c(=O)cc2NCc2ccc(Cl)cc2Cl)cn1. The Kier molecular flexibility index (Phi) is 6.58. The zero-order chi connectivity index (χ0) is 24.5. The van der Waals surface area contributed by atoms with Crippen molar-refractivity contribution >= 4 is 28.9 Å². The van der Waals surface area contributed by atoms with Crippen molar-refractivity contribution in [1.29, 1.82) is 0 Å². The number of rotatable bonds is 6. The molecule has 0 saturated carbocycles. The molecule has 0 atom stereocenters. The summed E-state index contributed by atoms with van der Waals surface area (Å²) in [7, 11) is 1.76. The molecule has 0 spiro atoms. The van der Waals surface area contributed by atoms with Crippen LogP contribution in [-0.2, 0) is 13.6 Å². The van der Waals surface area contributed by atoms with Gasteiger partial charge in [0.25, 0.3) is 5.56 Å². The van der Waals surface area contributed by atoms with Crippen molar-refractivity contribution in [1.82, 2.24) is 14.3 Å². The Morgan fingerprint density at radius 3 is 2.41 bits per heavy atom. The summed E-state index contributed by atoms with van der Waals surface area (Å²) in [6.07, 6.45) is 0.229. The lowest BCUT2D eigenvalue weighted by atomic mass is 10.1. The Morgan fingerprint density at radius 1 is 1.06 bits per heavy atom.